The van der Waals surface area contributed by atoms with Gasteiger partial charge in [-0.05, 0) is 251 Å². The summed E-state index contributed by atoms with van der Waals surface area (Å²) < 4.78 is 0. The first-order valence-electron chi connectivity index (χ1n) is 39.3. The fourth-order valence-corrected chi connectivity index (χ4v) is 20.5. The summed E-state index contributed by atoms with van der Waals surface area (Å²) in [6.07, 6.45) is 90.3. The third-order valence-electron chi connectivity index (χ3n) is 26.1. The van der Waals surface area contributed by atoms with Crippen molar-refractivity contribution in [2.75, 3.05) is 0 Å². The predicted molar refractivity (Wildman–Crippen MR) is 391 cm³/mol. The van der Waals surface area contributed by atoms with Crippen molar-refractivity contribution < 1.29 is 0 Å². The third kappa shape index (κ3) is 18.8. The van der Waals surface area contributed by atoms with E-state index in [0.29, 0.717) is 77.6 Å². The Morgan fingerprint density at radius 2 is 1.31 bits per heavy atom. The summed E-state index contributed by atoms with van der Waals surface area (Å²) in [5.41, 5.74) is 6.88. The van der Waals surface area contributed by atoms with Gasteiger partial charge in [0.1, 0.15) is 15.7 Å². The van der Waals surface area contributed by atoms with E-state index in [1.807, 2.05) is 5.57 Å². The highest BCUT2D eigenvalue weighted by Crippen LogP contribution is 2.53. The normalized spacial score (nSPS) is 35.1. The largest absolute Gasteiger partial charge is 0.366 e. The van der Waals surface area contributed by atoms with Crippen LogP contribution < -0.4 is 0 Å². The minimum absolute atomic E-state index is 0.525. The monoisotopic (exact) mass is 1200 g/mol. The van der Waals surface area contributed by atoms with Gasteiger partial charge in [0.2, 0.25) is 0 Å². The van der Waals surface area contributed by atoms with Crippen LogP contribution in [0.2, 0.25) is 5.82 Å². The molecule has 0 aromatic rings. The molecule has 0 aliphatic heterocycles. The van der Waals surface area contributed by atoms with Crippen LogP contribution in [0.4, 0.5) is 0 Å². The van der Waals surface area contributed by atoms with E-state index in [2.05, 4.69) is 172 Å². The molecule has 2 nitrogen and oxygen atoms in total. The molecule has 1 saturated carbocycles. The van der Waals surface area contributed by atoms with Gasteiger partial charge < -0.3 is 4.90 Å². The third-order valence-corrected chi connectivity index (χ3v) is 26.1. The molecule has 1 fully saturated rings. The quantitative estimate of drug-likeness (QED) is 0.0388. The van der Waals surface area contributed by atoms with Gasteiger partial charge in [0.05, 0.1) is 0 Å². The van der Waals surface area contributed by atoms with Gasteiger partial charge in [-0.1, -0.05) is 226 Å². The molecular formula is C84H136B2N2. The van der Waals surface area contributed by atoms with Crippen molar-refractivity contribution in [3.63, 3.8) is 0 Å². The number of hydrogen-bond donors (Lipinski definition) is 0. The molecule has 9 rings (SSSR count). The molecule has 0 N–H and O–H groups in total. The van der Waals surface area contributed by atoms with E-state index >= 15 is 0 Å². The molecule has 88 heavy (non-hydrogen) atoms. The molecule has 19 unspecified atom stereocenters. The second-order valence-electron chi connectivity index (χ2n) is 31.9. The number of rotatable bonds is 31. The van der Waals surface area contributed by atoms with Crippen molar-refractivity contribution in [2.45, 2.75) is 322 Å². The fourth-order valence-electron chi connectivity index (χ4n) is 20.5. The summed E-state index contributed by atoms with van der Waals surface area (Å²) in [5.74, 6) is 11.0. The smallest absolute Gasteiger partial charge is 0.133 e. The molecule has 0 heterocycles. The number of hydrogen-bond acceptors (Lipinski definition) is 2. The second-order valence-corrected chi connectivity index (χ2v) is 31.9. The lowest BCUT2D eigenvalue weighted by molar-refractivity contribution is 0.0768. The van der Waals surface area contributed by atoms with Crippen molar-refractivity contribution >= 4 is 15.7 Å². The molecule has 4 heteroatoms. The van der Waals surface area contributed by atoms with Crippen LogP contribution in [-0.4, -0.2) is 55.7 Å². The van der Waals surface area contributed by atoms with Crippen molar-refractivity contribution in [3.8, 4) is 0 Å². The SMILES string of the molecule is BC1=CCC(N(C(C)CCC(C=C)C2CCCCC2)C2C=CC(C3C=CC(C4CC(CCCCCC)C(C5C=CC(C6C=CC(N(C7=CCC(B)CC7)C(C)C/C=C(\CC)C7CC=CCC7)CC6)C(CC)C5)C=C4CCCCCC)CC3CC)CC2)CC1. The Labute approximate surface area is 547 Å². The first-order valence-corrected chi connectivity index (χ1v) is 39.3. The van der Waals surface area contributed by atoms with E-state index in [1.54, 1.807) is 16.7 Å². The van der Waals surface area contributed by atoms with Crippen molar-refractivity contribution in [1.29, 1.82) is 0 Å². The standard InChI is InChI=1S/C84H136B2N2/c1-9-15-17-21-31-71-59-84(74-42-56-82(66(14-6)58-74)70-39-49-78(50-40-70)88(80-53-45-76(86)46-54-80)62(8)34-36-64(12-4)68-29-25-20-26-30-68)72(32-22-18-16-10-2)60-83(71)73-41-55-81(65(13-5)57-73)69-37-47-77(48-38-69)87(79-51-43-75(85)44-52-79)61(7)33-35-63(11-3)67-27-23-19-24-28-67/h11,20,25,36-37,39,41-43,47,49,53,55-56,59,61-63,65-70,72-74,76-79,81-84H,3,9-10,12-19,21-24,26-35,38,40,44-46,48,50-52,54,57-58,60,85-86H2,1-2,4-8H3/b64-36+. The number of nitrogens with zero attached hydrogens (tertiary/aromatic N) is 2. The summed E-state index contributed by atoms with van der Waals surface area (Å²) in [5, 5.41) is 0. The Bertz CT molecular complexity index is 2370. The van der Waals surface area contributed by atoms with E-state index < -0.39 is 0 Å². The van der Waals surface area contributed by atoms with Crippen LogP contribution in [0.3, 0.4) is 0 Å². The lowest BCUT2D eigenvalue weighted by Crippen LogP contribution is -2.49. The Kier molecular flexibility index (Phi) is 28.6. The molecule has 0 aromatic carbocycles. The topological polar surface area (TPSA) is 6.48 Å². The molecule has 0 amide bonds. The zero-order valence-corrected chi connectivity index (χ0v) is 59.0. The predicted octanol–water partition coefficient (Wildman–Crippen LogP) is 22.4. The lowest BCUT2D eigenvalue weighted by atomic mass is 9.59. The highest BCUT2D eigenvalue weighted by Gasteiger charge is 2.44. The van der Waals surface area contributed by atoms with E-state index in [0.717, 1.165) is 41.3 Å². The second kappa shape index (κ2) is 36.1. The van der Waals surface area contributed by atoms with Crippen LogP contribution >= 0.6 is 0 Å². The van der Waals surface area contributed by atoms with Gasteiger partial charge in [0.25, 0.3) is 0 Å². The van der Waals surface area contributed by atoms with Gasteiger partial charge in [-0.15, -0.1) is 12.1 Å². The summed E-state index contributed by atoms with van der Waals surface area (Å²) in [6.45, 7) is 21.9. The molecule has 0 bridgehead atoms. The van der Waals surface area contributed by atoms with Gasteiger partial charge >= 0.3 is 0 Å². The van der Waals surface area contributed by atoms with Crippen LogP contribution in [0.25, 0.3) is 0 Å². The zero-order chi connectivity index (χ0) is 61.8. The molecule has 19 atom stereocenters. The van der Waals surface area contributed by atoms with E-state index in [-0.39, 0.29) is 0 Å². The maximum absolute atomic E-state index is 4.41. The molecule has 0 spiro atoms. The highest BCUT2D eigenvalue weighted by molar-refractivity contribution is 6.21. The first-order chi connectivity index (χ1) is 43.0. The summed E-state index contributed by atoms with van der Waals surface area (Å²) >= 11 is 0. The molecule has 9 aliphatic rings. The maximum atomic E-state index is 4.41. The Hall–Kier alpha value is -2.71. The average Bonchev–Trinajstić information content (AvgIpc) is 1.54. The molecular weight excluding hydrogens is 1060 g/mol. The fraction of sp³-hybridized carbons (Fsp3) is 0.762. The first kappa shape index (κ1) is 69.6. The minimum atomic E-state index is 0.525. The Balaban J connectivity index is 0.899. The van der Waals surface area contributed by atoms with Crippen molar-refractivity contribution in [3.05, 3.63) is 120 Å². The lowest BCUT2D eigenvalue weighted by Gasteiger charge is -2.47. The van der Waals surface area contributed by atoms with Crippen molar-refractivity contribution in [1.82, 2.24) is 9.80 Å². The Morgan fingerprint density at radius 3 is 1.92 bits per heavy atom. The summed E-state index contributed by atoms with van der Waals surface area (Å²) in [4.78, 5) is 5.99. The maximum Gasteiger partial charge on any atom is 0.133 e. The average molecular weight is 1200 g/mol. The van der Waals surface area contributed by atoms with Gasteiger partial charge in [-0.3, -0.25) is 4.90 Å². The van der Waals surface area contributed by atoms with Gasteiger partial charge in [0, 0.05) is 35.9 Å². The molecule has 0 radical (unpaired) electrons. The molecule has 0 saturated heterocycles. The summed E-state index contributed by atoms with van der Waals surface area (Å²) in [6, 6.07) is 2.93. The van der Waals surface area contributed by atoms with E-state index in [9.17, 15) is 0 Å². The molecule has 488 valence electrons. The van der Waals surface area contributed by atoms with Crippen LogP contribution in [0.1, 0.15) is 286 Å². The number of unbranched alkanes of at least 4 members (excludes halogenated alkanes) is 6. The Morgan fingerprint density at radius 1 is 0.614 bits per heavy atom. The van der Waals surface area contributed by atoms with Crippen LogP contribution in [0, 0.1) is 82.9 Å². The van der Waals surface area contributed by atoms with Crippen LogP contribution in [0.15, 0.2) is 120 Å². The highest BCUT2D eigenvalue weighted by atomic mass is 15.2. The van der Waals surface area contributed by atoms with Crippen LogP contribution in [0.5, 0.6) is 0 Å². The van der Waals surface area contributed by atoms with E-state index in [4.69, 9.17) is 0 Å². The minimum Gasteiger partial charge on any atom is -0.366 e. The van der Waals surface area contributed by atoms with Crippen molar-refractivity contribution in [2.24, 2.45) is 82.9 Å². The van der Waals surface area contributed by atoms with Gasteiger partial charge in [-0.2, -0.15) is 0 Å². The molecule has 0 aromatic heterocycles. The van der Waals surface area contributed by atoms with E-state index in [1.165, 1.54) is 238 Å². The number of allylic oxidation sites excluding steroid dienone is 15. The zero-order valence-electron chi connectivity index (χ0n) is 59.0. The summed E-state index contributed by atoms with van der Waals surface area (Å²) in [7, 11) is 4.83. The van der Waals surface area contributed by atoms with Gasteiger partial charge in [0.15, 0.2) is 0 Å². The van der Waals surface area contributed by atoms with Crippen LogP contribution in [-0.2, 0) is 0 Å². The molecule has 9 aliphatic carbocycles. The van der Waals surface area contributed by atoms with Gasteiger partial charge in [-0.25, -0.2) is 0 Å².